The number of ether oxygens (including phenoxy) is 1. The van der Waals surface area contributed by atoms with Crippen molar-refractivity contribution in [3.63, 3.8) is 0 Å². The molecular formula is C14H20O3S. The first-order chi connectivity index (χ1) is 8.43. The number of carboxylic acid groups (broad SMARTS) is 1. The Labute approximate surface area is 113 Å². The van der Waals surface area contributed by atoms with Crippen LogP contribution in [-0.2, 0) is 16.0 Å². The Bertz CT molecular complexity index is 385. The highest BCUT2D eigenvalue weighted by Crippen LogP contribution is 2.23. The van der Waals surface area contributed by atoms with E-state index >= 15 is 0 Å². The molecule has 0 saturated carbocycles. The van der Waals surface area contributed by atoms with E-state index in [0.29, 0.717) is 0 Å². The van der Waals surface area contributed by atoms with Gasteiger partial charge in [0.05, 0.1) is 12.0 Å². The monoisotopic (exact) mass is 268 g/mol. The molecule has 0 unspecified atom stereocenters. The maximum absolute atomic E-state index is 10.5. The molecule has 4 heteroatoms. The van der Waals surface area contributed by atoms with Gasteiger partial charge in [0, 0.05) is 17.8 Å². The van der Waals surface area contributed by atoms with Crippen LogP contribution in [-0.4, -0.2) is 29.5 Å². The number of benzene rings is 1. The Morgan fingerprint density at radius 1 is 1.33 bits per heavy atom. The zero-order valence-electron chi connectivity index (χ0n) is 11.1. The molecule has 0 atom stereocenters. The van der Waals surface area contributed by atoms with Crippen LogP contribution in [0.2, 0.25) is 0 Å². The van der Waals surface area contributed by atoms with Crippen molar-refractivity contribution in [3.05, 3.63) is 29.8 Å². The second-order valence-electron chi connectivity index (χ2n) is 4.78. The van der Waals surface area contributed by atoms with Crippen LogP contribution >= 0.6 is 11.8 Å². The molecule has 1 rings (SSSR count). The normalized spacial score (nSPS) is 11.5. The van der Waals surface area contributed by atoms with Gasteiger partial charge < -0.3 is 9.84 Å². The molecule has 0 bridgehead atoms. The Balaban J connectivity index is 2.42. The number of carbonyl (C=O) groups is 1. The van der Waals surface area contributed by atoms with Gasteiger partial charge in [-0.05, 0) is 38.0 Å². The topological polar surface area (TPSA) is 46.5 Å². The highest BCUT2D eigenvalue weighted by atomic mass is 32.2. The Hall–Kier alpha value is -1.00. The van der Waals surface area contributed by atoms with Crippen molar-refractivity contribution in [3.8, 4) is 0 Å². The van der Waals surface area contributed by atoms with Crippen LogP contribution in [0.3, 0.4) is 0 Å². The zero-order chi connectivity index (χ0) is 13.6. The lowest BCUT2D eigenvalue weighted by atomic mass is 10.1. The lowest BCUT2D eigenvalue weighted by Crippen LogP contribution is -2.22. The quantitative estimate of drug-likeness (QED) is 0.771. The minimum absolute atomic E-state index is 0.0850. The van der Waals surface area contributed by atoms with Gasteiger partial charge in [-0.1, -0.05) is 12.1 Å². The van der Waals surface area contributed by atoms with E-state index in [1.807, 2.05) is 24.3 Å². The summed E-state index contributed by atoms with van der Waals surface area (Å²) in [5.74, 6) is 0.191. The number of rotatable bonds is 7. The highest BCUT2D eigenvalue weighted by molar-refractivity contribution is 7.99. The second kappa shape index (κ2) is 6.81. The first-order valence-electron chi connectivity index (χ1n) is 5.91. The van der Waals surface area contributed by atoms with Crippen molar-refractivity contribution >= 4 is 17.7 Å². The van der Waals surface area contributed by atoms with E-state index in [1.165, 1.54) is 0 Å². The summed E-state index contributed by atoms with van der Waals surface area (Å²) in [6.07, 6.45) is 1.06. The predicted octanol–water partition coefficient (Wildman–Crippen LogP) is 3.22. The van der Waals surface area contributed by atoms with Gasteiger partial charge >= 0.3 is 5.97 Å². The van der Waals surface area contributed by atoms with Gasteiger partial charge in [-0.15, -0.1) is 11.8 Å². The zero-order valence-corrected chi connectivity index (χ0v) is 11.9. The summed E-state index contributed by atoms with van der Waals surface area (Å²) in [6.45, 7) is 4.15. The van der Waals surface area contributed by atoms with Crippen molar-refractivity contribution in [2.45, 2.75) is 37.2 Å². The summed E-state index contributed by atoms with van der Waals surface area (Å²) in [6, 6.07) is 7.70. The molecule has 0 amide bonds. The lowest BCUT2D eigenvalue weighted by molar-refractivity contribution is -0.136. The molecule has 1 aromatic carbocycles. The molecule has 100 valence electrons. The standard InChI is InChI=1S/C14H20O3S/c1-14(2,17-3)8-9-18-12-6-4-11(5-7-12)10-13(15)16/h4-7H,8-10H2,1-3H3,(H,15,16). The summed E-state index contributed by atoms with van der Waals surface area (Å²) in [7, 11) is 1.73. The molecule has 0 heterocycles. The minimum atomic E-state index is -0.794. The maximum atomic E-state index is 10.5. The van der Waals surface area contributed by atoms with Crippen molar-refractivity contribution in [2.24, 2.45) is 0 Å². The highest BCUT2D eigenvalue weighted by Gasteiger charge is 2.15. The molecular weight excluding hydrogens is 248 g/mol. The molecule has 0 radical (unpaired) electrons. The van der Waals surface area contributed by atoms with Gasteiger partial charge in [0.15, 0.2) is 0 Å². The predicted molar refractivity (Wildman–Crippen MR) is 74.2 cm³/mol. The Morgan fingerprint density at radius 2 is 1.94 bits per heavy atom. The molecule has 0 aromatic heterocycles. The summed E-state index contributed by atoms with van der Waals surface area (Å²) in [5, 5.41) is 8.68. The van der Waals surface area contributed by atoms with Gasteiger partial charge in [0.2, 0.25) is 0 Å². The molecule has 0 saturated heterocycles. The molecule has 18 heavy (non-hydrogen) atoms. The van der Waals surface area contributed by atoms with E-state index in [2.05, 4.69) is 13.8 Å². The molecule has 1 aromatic rings. The van der Waals surface area contributed by atoms with E-state index in [1.54, 1.807) is 18.9 Å². The van der Waals surface area contributed by atoms with Crippen LogP contribution in [0.1, 0.15) is 25.8 Å². The summed E-state index contributed by atoms with van der Waals surface area (Å²) >= 11 is 1.76. The van der Waals surface area contributed by atoms with Gasteiger partial charge in [-0.25, -0.2) is 0 Å². The van der Waals surface area contributed by atoms with E-state index < -0.39 is 5.97 Å². The Morgan fingerprint density at radius 3 is 2.44 bits per heavy atom. The van der Waals surface area contributed by atoms with Crippen molar-refractivity contribution in [2.75, 3.05) is 12.9 Å². The molecule has 0 aliphatic heterocycles. The largest absolute Gasteiger partial charge is 0.481 e. The summed E-state index contributed by atoms with van der Waals surface area (Å²) < 4.78 is 5.36. The summed E-state index contributed by atoms with van der Waals surface area (Å²) in [5.41, 5.74) is 0.750. The second-order valence-corrected chi connectivity index (χ2v) is 5.95. The fourth-order valence-electron chi connectivity index (χ4n) is 1.39. The van der Waals surface area contributed by atoms with Crippen LogP contribution in [0.15, 0.2) is 29.2 Å². The maximum Gasteiger partial charge on any atom is 0.307 e. The number of carboxylic acids is 1. The van der Waals surface area contributed by atoms with Crippen molar-refractivity contribution in [1.82, 2.24) is 0 Å². The fourth-order valence-corrected chi connectivity index (χ4v) is 2.55. The lowest BCUT2D eigenvalue weighted by Gasteiger charge is -2.22. The molecule has 3 nitrogen and oxygen atoms in total. The van der Waals surface area contributed by atoms with E-state index in [4.69, 9.17) is 9.84 Å². The number of aliphatic carboxylic acids is 1. The fraction of sp³-hybridized carbons (Fsp3) is 0.500. The van der Waals surface area contributed by atoms with Crippen molar-refractivity contribution < 1.29 is 14.6 Å². The summed E-state index contributed by atoms with van der Waals surface area (Å²) in [4.78, 5) is 11.7. The number of methoxy groups -OCH3 is 1. The van der Waals surface area contributed by atoms with E-state index in [-0.39, 0.29) is 12.0 Å². The van der Waals surface area contributed by atoms with E-state index in [0.717, 1.165) is 22.6 Å². The third kappa shape index (κ3) is 5.56. The third-order valence-electron chi connectivity index (χ3n) is 2.80. The molecule has 0 spiro atoms. The van der Waals surface area contributed by atoms with Crippen LogP contribution in [0.4, 0.5) is 0 Å². The molecule has 0 aliphatic rings. The first kappa shape index (κ1) is 15.1. The number of hydrogen-bond donors (Lipinski definition) is 1. The average Bonchev–Trinajstić information content (AvgIpc) is 2.30. The van der Waals surface area contributed by atoms with Crippen LogP contribution in [0, 0.1) is 0 Å². The molecule has 1 N–H and O–H groups in total. The van der Waals surface area contributed by atoms with Crippen LogP contribution in [0.5, 0.6) is 0 Å². The molecule has 0 fully saturated rings. The SMILES string of the molecule is COC(C)(C)CCSc1ccc(CC(=O)O)cc1. The smallest absolute Gasteiger partial charge is 0.307 e. The van der Waals surface area contributed by atoms with Gasteiger partial charge in [-0.3, -0.25) is 4.79 Å². The van der Waals surface area contributed by atoms with Gasteiger partial charge in [0.25, 0.3) is 0 Å². The Kier molecular flexibility index (Phi) is 5.69. The van der Waals surface area contributed by atoms with E-state index in [9.17, 15) is 4.79 Å². The van der Waals surface area contributed by atoms with Crippen LogP contribution in [0.25, 0.3) is 0 Å². The number of hydrogen-bond acceptors (Lipinski definition) is 3. The average molecular weight is 268 g/mol. The number of thioether (sulfide) groups is 1. The minimum Gasteiger partial charge on any atom is -0.481 e. The van der Waals surface area contributed by atoms with Gasteiger partial charge in [0.1, 0.15) is 0 Å². The molecule has 0 aliphatic carbocycles. The first-order valence-corrected chi connectivity index (χ1v) is 6.90. The van der Waals surface area contributed by atoms with Crippen LogP contribution < -0.4 is 0 Å². The van der Waals surface area contributed by atoms with Crippen molar-refractivity contribution in [1.29, 1.82) is 0 Å². The van der Waals surface area contributed by atoms with Gasteiger partial charge in [-0.2, -0.15) is 0 Å². The third-order valence-corrected chi connectivity index (χ3v) is 3.82.